The van der Waals surface area contributed by atoms with Gasteiger partial charge in [-0.2, -0.15) is 0 Å². The Balaban J connectivity index is 2.17. The minimum absolute atomic E-state index is 0.548. The Kier molecular flexibility index (Phi) is 9.18. The van der Waals surface area contributed by atoms with E-state index in [2.05, 4.69) is 17.6 Å². The molecule has 2 N–H and O–H groups in total. The SMILES string of the molecule is CCOCCCNC(=S)NC(CC)C1CCCCC1. The van der Waals surface area contributed by atoms with Gasteiger partial charge in [0.25, 0.3) is 0 Å². The molecule has 0 radical (unpaired) electrons. The molecule has 0 bridgehead atoms. The average molecular weight is 286 g/mol. The minimum Gasteiger partial charge on any atom is -0.382 e. The van der Waals surface area contributed by atoms with Crippen molar-refractivity contribution in [1.82, 2.24) is 10.6 Å². The lowest BCUT2D eigenvalue weighted by molar-refractivity contribution is 0.145. The zero-order valence-electron chi connectivity index (χ0n) is 12.5. The van der Waals surface area contributed by atoms with Crippen molar-refractivity contribution in [2.75, 3.05) is 19.8 Å². The number of rotatable bonds is 8. The minimum atomic E-state index is 0.548. The molecule has 1 aliphatic carbocycles. The molecule has 1 atom stereocenters. The normalized spacial score (nSPS) is 18.0. The van der Waals surface area contributed by atoms with Gasteiger partial charge in [0.1, 0.15) is 0 Å². The standard InChI is InChI=1S/C15H30N2OS/c1-3-14(13-9-6-5-7-10-13)17-15(19)16-11-8-12-18-4-2/h13-14H,3-12H2,1-2H3,(H2,16,17,19). The van der Waals surface area contributed by atoms with E-state index >= 15 is 0 Å². The van der Waals surface area contributed by atoms with Crippen molar-refractivity contribution in [3.8, 4) is 0 Å². The Labute approximate surface area is 123 Å². The summed E-state index contributed by atoms with van der Waals surface area (Å²) in [6, 6.07) is 0.548. The van der Waals surface area contributed by atoms with Gasteiger partial charge in [0.2, 0.25) is 0 Å². The van der Waals surface area contributed by atoms with Crippen molar-refractivity contribution in [3.05, 3.63) is 0 Å². The van der Waals surface area contributed by atoms with E-state index in [0.29, 0.717) is 6.04 Å². The third-order valence-corrected chi connectivity index (χ3v) is 4.19. The molecule has 1 unspecified atom stereocenters. The molecule has 0 saturated heterocycles. The first-order chi connectivity index (χ1) is 9.27. The van der Waals surface area contributed by atoms with E-state index in [1.165, 1.54) is 32.1 Å². The molecule has 0 amide bonds. The van der Waals surface area contributed by atoms with Gasteiger partial charge in [-0.3, -0.25) is 0 Å². The fourth-order valence-electron chi connectivity index (χ4n) is 2.83. The number of nitrogens with one attached hydrogen (secondary N) is 2. The Bertz CT molecular complexity index is 242. The lowest BCUT2D eigenvalue weighted by Crippen LogP contribution is -2.45. The van der Waals surface area contributed by atoms with Crippen LogP contribution in [-0.4, -0.2) is 30.9 Å². The summed E-state index contributed by atoms with van der Waals surface area (Å²) in [5.41, 5.74) is 0. The van der Waals surface area contributed by atoms with E-state index in [1.807, 2.05) is 6.92 Å². The van der Waals surface area contributed by atoms with Gasteiger partial charge < -0.3 is 15.4 Å². The quantitative estimate of drug-likeness (QED) is 0.530. The van der Waals surface area contributed by atoms with E-state index < -0.39 is 0 Å². The molecule has 0 spiro atoms. The Morgan fingerprint density at radius 3 is 2.63 bits per heavy atom. The van der Waals surface area contributed by atoms with E-state index in [-0.39, 0.29) is 0 Å². The summed E-state index contributed by atoms with van der Waals surface area (Å²) >= 11 is 5.38. The van der Waals surface area contributed by atoms with E-state index in [9.17, 15) is 0 Å². The van der Waals surface area contributed by atoms with Gasteiger partial charge in [0.15, 0.2) is 5.11 Å². The van der Waals surface area contributed by atoms with Crippen molar-refractivity contribution >= 4 is 17.3 Å². The second-order valence-corrected chi connectivity index (χ2v) is 5.77. The maximum absolute atomic E-state index is 5.38. The molecule has 1 fully saturated rings. The molecule has 1 rings (SSSR count). The molecular formula is C15H30N2OS. The predicted octanol–water partition coefficient (Wildman–Crippen LogP) is 3.24. The maximum Gasteiger partial charge on any atom is 0.166 e. The highest BCUT2D eigenvalue weighted by atomic mass is 32.1. The Morgan fingerprint density at radius 1 is 1.26 bits per heavy atom. The molecular weight excluding hydrogens is 256 g/mol. The van der Waals surface area contributed by atoms with Gasteiger partial charge in [0, 0.05) is 25.8 Å². The summed E-state index contributed by atoms with van der Waals surface area (Å²) < 4.78 is 5.31. The number of ether oxygens (including phenoxy) is 1. The molecule has 4 heteroatoms. The molecule has 112 valence electrons. The van der Waals surface area contributed by atoms with Crippen molar-refractivity contribution in [1.29, 1.82) is 0 Å². The van der Waals surface area contributed by atoms with E-state index in [1.54, 1.807) is 0 Å². The van der Waals surface area contributed by atoms with Crippen molar-refractivity contribution in [2.45, 2.75) is 64.8 Å². The maximum atomic E-state index is 5.38. The third kappa shape index (κ3) is 7.11. The van der Waals surface area contributed by atoms with Gasteiger partial charge in [-0.1, -0.05) is 26.2 Å². The highest BCUT2D eigenvalue weighted by Crippen LogP contribution is 2.27. The smallest absolute Gasteiger partial charge is 0.166 e. The lowest BCUT2D eigenvalue weighted by Gasteiger charge is -2.31. The van der Waals surface area contributed by atoms with Gasteiger partial charge >= 0.3 is 0 Å². The first-order valence-electron chi connectivity index (χ1n) is 7.90. The molecule has 1 saturated carbocycles. The highest BCUT2D eigenvalue weighted by Gasteiger charge is 2.22. The van der Waals surface area contributed by atoms with Crippen LogP contribution in [0.4, 0.5) is 0 Å². The molecule has 0 aromatic carbocycles. The fourth-order valence-corrected chi connectivity index (χ4v) is 3.08. The van der Waals surface area contributed by atoms with Crippen molar-refractivity contribution in [2.24, 2.45) is 5.92 Å². The molecule has 0 aromatic heterocycles. The first-order valence-corrected chi connectivity index (χ1v) is 8.30. The van der Waals surface area contributed by atoms with Crippen LogP contribution in [0.25, 0.3) is 0 Å². The van der Waals surface area contributed by atoms with E-state index in [0.717, 1.165) is 43.6 Å². The molecule has 0 aliphatic heterocycles. The van der Waals surface area contributed by atoms with Gasteiger partial charge in [-0.25, -0.2) is 0 Å². The second-order valence-electron chi connectivity index (χ2n) is 5.36. The number of hydrogen-bond acceptors (Lipinski definition) is 2. The van der Waals surface area contributed by atoms with Crippen molar-refractivity contribution < 1.29 is 4.74 Å². The predicted molar refractivity (Wildman–Crippen MR) is 85.5 cm³/mol. The van der Waals surface area contributed by atoms with Crippen LogP contribution in [0.1, 0.15) is 58.8 Å². The lowest BCUT2D eigenvalue weighted by atomic mass is 9.83. The van der Waals surface area contributed by atoms with Gasteiger partial charge in [0.05, 0.1) is 0 Å². The molecule has 1 aliphatic rings. The van der Waals surface area contributed by atoms with Gasteiger partial charge in [-0.15, -0.1) is 0 Å². The Hall–Kier alpha value is -0.350. The molecule has 0 heterocycles. The summed E-state index contributed by atoms with van der Waals surface area (Å²) in [5.74, 6) is 0.807. The van der Waals surface area contributed by atoms with Crippen LogP contribution in [0.2, 0.25) is 0 Å². The number of hydrogen-bond donors (Lipinski definition) is 2. The fraction of sp³-hybridized carbons (Fsp3) is 0.933. The number of thiocarbonyl (C=S) groups is 1. The molecule has 3 nitrogen and oxygen atoms in total. The topological polar surface area (TPSA) is 33.3 Å². The van der Waals surface area contributed by atoms with Crippen LogP contribution in [0.3, 0.4) is 0 Å². The zero-order chi connectivity index (χ0) is 13.9. The van der Waals surface area contributed by atoms with Crippen molar-refractivity contribution in [3.63, 3.8) is 0 Å². The summed E-state index contributed by atoms with van der Waals surface area (Å²) in [4.78, 5) is 0. The third-order valence-electron chi connectivity index (χ3n) is 3.93. The summed E-state index contributed by atoms with van der Waals surface area (Å²) in [6.07, 6.45) is 9.07. The summed E-state index contributed by atoms with van der Waals surface area (Å²) in [6.45, 7) is 6.78. The zero-order valence-corrected chi connectivity index (χ0v) is 13.4. The van der Waals surface area contributed by atoms with Crippen LogP contribution in [0.15, 0.2) is 0 Å². The van der Waals surface area contributed by atoms with Crippen LogP contribution in [0.5, 0.6) is 0 Å². The van der Waals surface area contributed by atoms with Gasteiger partial charge in [-0.05, 0) is 50.7 Å². The summed E-state index contributed by atoms with van der Waals surface area (Å²) in [5, 5.41) is 7.61. The largest absolute Gasteiger partial charge is 0.382 e. The van der Waals surface area contributed by atoms with Crippen LogP contribution >= 0.6 is 12.2 Å². The average Bonchev–Trinajstić information content (AvgIpc) is 2.45. The van der Waals surface area contributed by atoms with Crippen LogP contribution < -0.4 is 10.6 Å². The van der Waals surface area contributed by atoms with E-state index in [4.69, 9.17) is 17.0 Å². The highest BCUT2D eigenvalue weighted by molar-refractivity contribution is 7.80. The molecule has 0 aromatic rings. The monoisotopic (exact) mass is 286 g/mol. The Morgan fingerprint density at radius 2 is 2.00 bits per heavy atom. The first kappa shape index (κ1) is 16.7. The van der Waals surface area contributed by atoms with Crippen LogP contribution in [-0.2, 0) is 4.74 Å². The summed E-state index contributed by atoms with van der Waals surface area (Å²) in [7, 11) is 0. The molecule has 19 heavy (non-hydrogen) atoms. The second kappa shape index (κ2) is 10.4. The van der Waals surface area contributed by atoms with Crippen LogP contribution in [0, 0.1) is 5.92 Å².